The van der Waals surface area contributed by atoms with Gasteiger partial charge in [0.1, 0.15) is 17.1 Å². The first-order chi connectivity index (χ1) is 18.4. The molecule has 0 aromatic heterocycles. The SMILES string of the molecule is CCCCC1=NC2(CCCCC2)C(=O)N1Cc1ccc(-c2cccc(OC(CC)C(=O)OCC)c2)c(C)c1. The quantitative estimate of drug-likeness (QED) is 0.300. The van der Waals surface area contributed by atoms with E-state index < -0.39 is 11.6 Å². The third-order valence-electron chi connectivity index (χ3n) is 7.71. The van der Waals surface area contributed by atoms with Crippen LogP contribution in [0.4, 0.5) is 0 Å². The molecule has 1 amide bonds. The lowest BCUT2D eigenvalue weighted by molar-refractivity contribution is -0.151. The van der Waals surface area contributed by atoms with Gasteiger partial charge in [0, 0.05) is 6.42 Å². The van der Waals surface area contributed by atoms with Gasteiger partial charge in [-0.05, 0) is 73.9 Å². The molecule has 6 nitrogen and oxygen atoms in total. The molecule has 1 heterocycles. The summed E-state index contributed by atoms with van der Waals surface area (Å²) >= 11 is 0. The lowest BCUT2D eigenvalue weighted by Crippen LogP contribution is -2.43. The van der Waals surface area contributed by atoms with Gasteiger partial charge in [-0.1, -0.05) is 69.9 Å². The maximum Gasteiger partial charge on any atom is 0.347 e. The van der Waals surface area contributed by atoms with Crippen molar-refractivity contribution >= 4 is 17.7 Å². The van der Waals surface area contributed by atoms with E-state index in [4.69, 9.17) is 14.5 Å². The van der Waals surface area contributed by atoms with Crippen LogP contribution in [0.3, 0.4) is 0 Å². The van der Waals surface area contributed by atoms with Crippen LogP contribution in [0.15, 0.2) is 47.5 Å². The van der Waals surface area contributed by atoms with E-state index in [9.17, 15) is 9.59 Å². The standard InChI is InChI=1S/C32H42N2O4/c1-5-8-15-29-33-32(18-10-9-11-19-32)31(36)34(29)22-24-16-17-27(23(4)20-24)25-13-12-14-26(21-25)38-28(6-2)30(35)37-7-3/h12-14,16-17,20-21,28H,5-11,15,18-19,22H2,1-4H3. The number of carbonyl (C=O) groups is 2. The monoisotopic (exact) mass is 518 g/mol. The Balaban J connectivity index is 1.52. The maximum atomic E-state index is 13.6. The number of rotatable bonds is 11. The van der Waals surface area contributed by atoms with Crippen LogP contribution in [0.25, 0.3) is 11.1 Å². The first-order valence-electron chi connectivity index (χ1n) is 14.3. The van der Waals surface area contributed by atoms with Gasteiger partial charge in [-0.15, -0.1) is 0 Å². The zero-order valence-electron chi connectivity index (χ0n) is 23.4. The Morgan fingerprint density at radius 1 is 1.08 bits per heavy atom. The first kappa shape index (κ1) is 27.9. The minimum Gasteiger partial charge on any atom is -0.479 e. The van der Waals surface area contributed by atoms with Crippen LogP contribution >= 0.6 is 0 Å². The van der Waals surface area contributed by atoms with Crippen LogP contribution in [-0.4, -0.2) is 40.9 Å². The molecule has 1 aliphatic heterocycles. The smallest absolute Gasteiger partial charge is 0.347 e. The highest BCUT2D eigenvalue weighted by Gasteiger charge is 2.48. The number of amidine groups is 1. The maximum absolute atomic E-state index is 13.6. The third kappa shape index (κ3) is 6.11. The van der Waals surface area contributed by atoms with Crippen LogP contribution in [0.5, 0.6) is 5.75 Å². The summed E-state index contributed by atoms with van der Waals surface area (Å²) in [7, 11) is 0. The molecule has 1 atom stereocenters. The van der Waals surface area contributed by atoms with E-state index in [-0.39, 0.29) is 11.9 Å². The minimum atomic E-state index is -0.623. The van der Waals surface area contributed by atoms with E-state index in [2.05, 4.69) is 32.0 Å². The molecule has 2 aromatic rings. The summed E-state index contributed by atoms with van der Waals surface area (Å²) in [6.45, 7) is 8.88. The second-order valence-corrected chi connectivity index (χ2v) is 10.6. The van der Waals surface area contributed by atoms with Gasteiger partial charge >= 0.3 is 5.97 Å². The van der Waals surface area contributed by atoms with Gasteiger partial charge in [0.25, 0.3) is 5.91 Å². The second kappa shape index (κ2) is 12.6. The van der Waals surface area contributed by atoms with E-state index in [0.29, 0.717) is 25.3 Å². The second-order valence-electron chi connectivity index (χ2n) is 10.6. The molecule has 0 bridgehead atoms. The van der Waals surface area contributed by atoms with Gasteiger partial charge in [0.2, 0.25) is 0 Å². The molecule has 4 rings (SSSR count). The lowest BCUT2D eigenvalue weighted by Gasteiger charge is -2.29. The van der Waals surface area contributed by atoms with Crippen molar-refractivity contribution in [3.05, 3.63) is 53.6 Å². The highest BCUT2D eigenvalue weighted by Crippen LogP contribution is 2.39. The van der Waals surface area contributed by atoms with E-state index in [1.165, 1.54) is 6.42 Å². The molecular weight excluding hydrogens is 476 g/mol. The van der Waals surface area contributed by atoms with Gasteiger partial charge in [0.15, 0.2) is 6.10 Å². The molecular formula is C32H42N2O4. The summed E-state index contributed by atoms with van der Waals surface area (Å²) in [6, 6.07) is 14.2. The van der Waals surface area contributed by atoms with Crippen LogP contribution in [0.2, 0.25) is 0 Å². The zero-order chi connectivity index (χ0) is 27.1. The topological polar surface area (TPSA) is 68.2 Å². The number of aliphatic imine (C=N–C) groups is 1. The van der Waals surface area contributed by atoms with Crippen molar-refractivity contribution in [2.45, 2.75) is 104 Å². The van der Waals surface area contributed by atoms with E-state index in [1.54, 1.807) is 6.92 Å². The number of carbonyl (C=O) groups excluding carboxylic acids is 2. The zero-order valence-corrected chi connectivity index (χ0v) is 23.4. The van der Waals surface area contributed by atoms with Gasteiger partial charge in [0.05, 0.1) is 13.2 Å². The van der Waals surface area contributed by atoms with Crippen molar-refractivity contribution in [3.8, 4) is 16.9 Å². The van der Waals surface area contributed by atoms with Crippen molar-refractivity contribution < 1.29 is 19.1 Å². The fourth-order valence-electron chi connectivity index (χ4n) is 5.64. The molecule has 0 saturated heterocycles. The number of esters is 1. The predicted octanol–water partition coefficient (Wildman–Crippen LogP) is 7.02. The Hall–Kier alpha value is -3.15. The molecule has 1 spiro atoms. The van der Waals surface area contributed by atoms with Gasteiger partial charge in [-0.3, -0.25) is 14.7 Å². The number of amides is 1. The lowest BCUT2D eigenvalue weighted by atomic mass is 9.82. The normalized spacial score (nSPS) is 17.4. The Morgan fingerprint density at radius 3 is 2.55 bits per heavy atom. The molecule has 1 saturated carbocycles. The number of hydrogen-bond donors (Lipinski definition) is 0. The summed E-state index contributed by atoms with van der Waals surface area (Å²) < 4.78 is 11.1. The summed E-state index contributed by atoms with van der Waals surface area (Å²) in [6.07, 6.45) is 8.03. The highest BCUT2D eigenvalue weighted by molar-refractivity contribution is 6.08. The van der Waals surface area contributed by atoms with Crippen LogP contribution < -0.4 is 4.74 Å². The van der Waals surface area contributed by atoms with E-state index in [0.717, 1.165) is 73.0 Å². The van der Waals surface area contributed by atoms with Crippen LogP contribution in [-0.2, 0) is 20.9 Å². The van der Waals surface area contributed by atoms with Gasteiger partial charge in [-0.25, -0.2) is 4.79 Å². The van der Waals surface area contributed by atoms with E-state index >= 15 is 0 Å². The van der Waals surface area contributed by atoms with Gasteiger partial charge in [-0.2, -0.15) is 0 Å². The molecule has 1 fully saturated rings. The molecule has 1 unspecified atom stereocenters. The number of unbranched alkanes of at least 4 members (excludes halogenated alkanes) is 1. The summed E-state index contributed by atoms with van der Waals surface area (Å²) in [5.74, 6) is 1.47. The molecule has 2 aliphatic rings. The molecule has 0 N–H and O–H groups in total. The van der Waals surface area contributed by atoms with Crippen molar-refractivity contribution in [2.24, 2.45) is 4.99 Å². The van der Waals surface area contributed by atoms with Gasteiger partial charge < -0.3 is 9.47 Å². The van der Waals surface area contributed by atoms with Crippen molar-refractivity contribution in [3.63, 3.8) is 0 Å². The Labute approximate surface area is 227 Å². The van der Waals surface area contributed by atoms with Crippen molar-refractivity contribution in [2.75, 3.05) is 6.61 Å². The molecule has 0 radical (unpaired) electrons. The largest absolute Gasteiger partial charge is 0.479 e. The summed E-state index contributed by atoms with van der Waals surface area (Å²) in [4.78, 5) is 32.9. The summed E-state index contributed by atoms with van der Waals surface area (Å²) in [5.41, 5.74) is 3.84. The molecule has 38 heavy (non-hydrogen) atoms. The Kier molecular flexibility index (Phi) is 9.24. The Morgan fingerprint density at radius 2 is 1.87 bits per heavy atom. The van der Waals surface area contributed by atoms with Crippen LogP contribution in [0, 0.1) is 6.92 Å². The predicted molar refractivity (Wildman–Crippen MR) is 151 cm³/mol. The first-order valence-corrected chi connectivity index (χ1v) is 14.3. The minimum absolute atomic E-state index is 0.196. The fourth-order valence-corrected chi connectivity index (χ4v) is 5.64. The fraction of sp³-hybridized carbons (Fsp3) is 0.531. The number of benzene rings is 2. The molecule has 2 aromatic carbocycles. The number of hydrogen-bond acceptors (Lipinski definition) is 5. The van der Waals surface area contributed by atoms with Crippen LogP contribution in [0.1, 0.15) is 89.7 Å². The molecule has 204 valence electrons. The third-order valence-corrected chi connectivity index (χ3v) is 7.71. The number of aryl methyl sites for hydroxylation is 1. The highest BCUT2D eigenvalue weighted by atomic mass is 16.6. The summed E-state index contributed by atoms with van der Waals surface area (Å²) in [5, 5.41) is 0. The van der Waals surface area contributed by atoms with Crippen molar-refractivity contribution in [1.29, 1.82) is 0 Å². The van der Waals surface area contributed by atoms with E-state index in [1.807, 2.05) is 36.1 Å². The number of nitrogens with zero attached hydrogens (tertiary/aromatic N) is 2. The Bertz CT molecular complexity index is 1170. The average molecular weight is 519 g/mol. The number of ether oxygens (including phenoxy) is 2. The molecule has 6 heteroatoms. The molecule has 1 aliphatic carbocycles. The van der Waals surface area contributed by atoms with Crippen molar-refractivity contribution in [1.82, 2.24) is 4.90 Å². The average Bonchev–Trinajstić information content (AvgIpc) is 3.16.